The molecule has 3 heterocycles. The second-order valence-corrected chi connectivity index (χ2v) is 7.80. The first-order valence-corrected chi connectivity index (χ1v) is 9.24. The Morgan fingerprint density at radius 1 is 1.21 bits per heavy atom. The third-order valence-electron chi connectivity index (χ3n) is 5.61. The topological polar surface area (TPSA) is 67.2 Å². The van der Waals surface area contributed by atoms with Crippen molar-refractivity contribution in [1.82, 2.24) is 30.0 Å². The van der Waals surface area contributed by atoms with Crippen LogP contribution in [0, 0.1) is 12.3 Å². The Morgan fingerprint density at radius 3 is 2.75 bits per heavy atom. The van der Waals surface area contributed by atoms with E-state index in [4.69, 9.17) is 0 Å². The molecule has 2 fully saturated rings. The minimum Gasteiger partial charge on any atom is -0.340 e. The van der Waals surface area contributed by atoms with Gasteiger partial charge in [0.15, 0.2) is 0 Å². The molecule has 2 saturated heterocycles. The molecule has 1 spiro atoms. The van der Waals surface area contributed by atoms with Gasteiger partial charge in [0.25, 0.3) is 0 Å². The van der Waals surface area contributed by atoms with Gasteiger partial charge in [-0.25, -0.2) is 4.68 Å². The van der Waals surface area contributed by atoms with Crippen LogP contribution < -0.4 is 0 Å². The molecule has 1 atom stereocenters. The average Bonchev–Trinajstić information content (AvgIpc) is 2.95. The van der Waals surface area contributed by atoms with Gasteiger partial charge >= 0.3 is 0 Å². The SMILES string of the molecule is Cc1nnnn1CCCN1CCCC2(CCC(=O)N(C(C)C)C2)C1. The summed E-state index contributed by atoms with van der Waals surface area (Å²) in [5.74, 6) is 1.21. The maximum atomic E-state index is 12.2. The number of tetrazole rings is 1. The number of carbonyl (C=O) groups excluding carboxylic acids is 1. The molecule has 0 radical (unpaired) electrons. The molecule has 0 saturated carbocycles. The fourth-order valence-electron chi connectivity index (χ4n) is 4.25. The number of amides is 1. The van der Waals surface area contributed by atoms with Crippen molar-refractivity contribution in [2.24, 2.45) is 5.41 Å². The summed E-state index contributed by atoms with van der Waals surface area (Å²) in [5.41, 5.74) is 0.307. The molecule has 3 rings (SSSR count). The van der Waals surface area contributed by atoms with Crippen LogP contribution in [0.5, 0.6) is 0 Å². The number of hydrogen-bond acceptors (Lipinski definition) is 5. The molecule has 2 aliphatic rings. The third-order valence-corrected chi connectivity index (χ3v) is 5.61. The van der Waals surface area contributed by atoms with Crippen LogP contribution in [-0.2, 0) is 11.3 Å². The van der Waals surface area contributed by atoms with E-state index in [0.717, 1.165) is 51.3 Å². The number of piperidine rings is 2. The van der Waals surface area contributed by atoms with Crippen LogP contribution >= 0.6 is 0 Å². The van der Waals surface area contributed by atoms with E-state index in [-0.39, 0.29) is 0 Å². The molecule has 1 amide bonds. The van der Waals surface area contributed by atoms with Gasteiger partial charge in [0, 0.05) is 37.5 Å². The number of aryl methyl sites for hydroxylation is 2. The number of likely N-dealkylation sites (tertiary alicyclic amines) is 2. The normalized spacial score (nSPS) is 25.8. The molecule has 0 N–H and O–H groups in total. The maximum Gasteiger partial charge on any atom is 0.222 e. The second-order valence-electron chi connectivity index (χ2n) is 7.80. The van der Waals surface area contributed by atoms with Crippen molar-refractivity contribution in [3.05, 3.63) is 5.82 Å². The van der Waals surface area contributed by atoms with Crippen molar-refractivity contribution in [2.75, 3.05) is 26.2 Å². The highest BCUT2D eigenvalue weighted by atomic mass is 16.2. The third kappa shape index (κ3) is 3.77. The molecule has 0 aromatic carbocycles. The van der Waals surface area contributed by atoms with E-state index in [1.807, 2.05) is 11.6 Å². The van der Waals surface area contributed by atoms with Gasteiger partial charge in [-0.1, -0.05) is 0 Å². The maximum absolute atomic E-state index is 12.2. The molecule has 1 aromatic rings. The average molecular weight is 334 g/mol. The summed E-state index contributed by atoms with van der Waals surface area (Å²) in [7, 11) is 0. The van der Waals surface area contributed by atoms with Gasteiger partial charge in [0.05, 0.1) is 0 Å². The van der Waals surface area contributed by atoms with Crippen molar-refractivity contribution in [3.63, 3.8) is 0 Å². The Kier molecular flexibility index (Phi) is 5.18. The molecular weight excluding hydrogens is 304 g/mol. The number of rotatable bonds is 5. The highest BCUT2D eigenvalue weighted by Crippen LogP contribution is 2.39. The highest BCUT2D eigenvalue weighted by molar-refractivity contribution is 5.77. The van der Waals surface area contributed by atoms with Crippen LogP contribution in [0.2, 0.25) is 0 Å². The molecule has 7 heteroatoms. The van der Waals surface area contributed by atoms with Gasteiger partial charge in [-0.3, -0.25) is 4.79 Å². The Hall–Kier alpha value is -1.50. The quantitative estimate of drug-likeness (QED) is 0.816. The Morgan fingerprint density at radius 2 is 2.04 bits per heavy atom. The van der Waals surface area contributed by atoms with Gasteiger partial charge in [0.2, 0.25) is 5.91 Å². The molecule has 7 nitrogen and oxygen atoms in total. The van der Waals surface area contributed by atoms with Gasteiger partial charge in [-0.05, 0) is 70.0 Å². The molecule has 2 aliphatic heterocycles. The van der Waals surface area contributed by atoms with Gasteiger partial charge in [-0.15, -0.1) is 5.10 Å². The fourth-order valence-corrected chi connectivity index (χ4v) is 4.25. The van der Waals surface area contributed by atoms with Crippen molar-refractivity contribution < 1.29 is 4.79 Å². The van der Waals surface area contributed by atoms with Crippen LogP contribution in [0.3, 0.4) is 0 Å². The van der Waals surface area contributed by atoms with E-state index in [9.17, 15) is 4.79 Å². The summed E-state index contributed by atoms with van der Waals surface area (Å²) in [4.78, 5) is 16.8. The van der Waals surface area contributed by atoms with E-state index in [1.54, 1.807) is 0 Å². The van der Waals surface area contributed by atoms with E-state index in [1.165, 1.54) is 19.4 Å². The standard InChI is InChI=1S/C17H30N6O/c1-14(2)22-13-17(8-6-16(22)24)7-4-9-21(12-17)10-5-11-23-15(3)18-19-20-23/h14H,4-13H2,1-3H3. The first-order chi connectivity index (χ1) is 11.5. The number of hydrogen-bond donors (Lipinski definition) is 0. The second kappa shape index (κ2) is 7.17. The minimum atomic E-state index is 0.307. The van der Waals surface area contributed by atoms with Crippen molar-refractivity contribution in [1.29, 1.82) is 0 Å². The Balaban J connectivity index is 1.54. The molecular formula is C17H30N6O. The largest absolute Gasteiger partial charge is 0.340 e. The van der Waals surface area contributed by atoms with E-state index in [2.05, 4.69) is 39.2 Å². The smallest absolute Gasteiger partial charge is 0.222 e. The van der Waals surface area contributed by atoms with Crippen molar-refractivity contribution in [3.8, 4) is 0 Å². The number of aromatic nitrogens is 4. The van der Waals surface area contributed by atoms with Crippen LogP contribution in [0.1, 0.15) is 51.8 Å². The number of carbonyl (C=O) groups is 1. The lowest BCUT2D eigenvalue weighted by Crippen LogP contribution is -2.55. The lowest BCUT2D eigenvalue weighted by Gasteiger charge is -2.49. The molecule has 1 unspecified atom stereocenters. The van der Waals surface area contributed by atoms with Crippen LogP contribution in [0.4, 0.5) is 0 Å². The predicted octanol–water partition coefficient (Wildman–Crippen LogP) is 1.48. The van der Waals surface area contributed by atoms with Crippen LogP contribution in [-0.4, -0.2) is 68.1 Å². The molecule has 1 aromatic heterocycles. The summed E-state index contributed by atoms with van der Waals surface area (Å²) in [6, 6.07) is 0.313. The van der Waals surface area contributed by atoms with E-state index in [0.29, 0.717) is 17.4 Å². The first kappa shape index (κ1) is 17.3. The van der Waals surface area contributed by atoms with Gasteiger partial charge in [-0.2, -0.15) is 0 Å². The lowest BCUT2D eigenvalue weighted by atomic mass is 9.73. The summed E-state index contributed by atoms with van der Waals surface area (Å²) in [5, 5.41) is 11.6. The lowest BCUT2D eigenvalue weighted by molar-refractivity contribution is -0.141. The minimum absolute atomic E-state index is 0.307. The highest BCUT2D eigenvalue weighted by Gasteiger charge is 2.42. The van der Waals surface area contributed by atoms with Gasteiger partial charge < -0.3 is 9.80 Å². The van der Waals surface area contributed by atoms with Crippen LogP contribution in [0.15, 0.2) is 0 Å². The predicted molar refractivity (Wildman–Crippen MR) is 91.4 cm³/mol. The molecule has 134 valence electrons. The fraction of sp³-hybridized carbons (Fsp3) is 0.882. The summed E-state index contributed by atoms with van der Waals surface area (Å²) < 4.78 is 1.87. The van der Waals surface area contributed by atoms with E-state index >= 15 is 0 Å². The zero-order valence-electron chi connectivity index (χ0n) is 15.2. The summed E-state index contributed by atoms with van der Waals surface area (Å²) in [6.07, 6.45) is 5.33. The Labute approximate surface area is 144 Å². The summed E-state index contributed by atoms with van der Waals surface area (Å²) >= 11 is 0. The summed E-state index contributed by atoms with van der Waals surface area (Å²) in [6.45, 7) is 11.4. The first-order valence-electron chi connectivity index (χ1n) is 9.24. The zero-order chi connectivity index (χ0) is 17.2. The molecule has 24 heavy (non-hydrogen) atoms. The van der Waals surface area contributed by atoms with Crippen LogP contribution in [0.25, 0.3) is 0 Å². The number of nitrogens with zero attached hydrogens (tertiary/aromatic N) is 6. The van der Waals surface area contributed by atoms with E-state index < -0.39 is 0 Å². The van der Waals surface area contributed by atoms with Crippen molar-refractivity contribution >= 4 is 5.91 Å². The van der Waals surface area contributed by atoms with Crippen molar-refractivity contribution in [2.45, 2.75) is 65.5 Å². The monoisotopic (exact) mass is 334 g/mol. The molecule has 0 bridgehead atoms. The zero-order valence-corrected chi connectivity index (χ0v) is 15.2. The van der Waals surface area contributed by atoms with Gasteiger partial charge in [0.1, 0.15) is 5.82 Å². The Bertz CT molecular complexity index is 571. The molecule has 0 aliphatic carbocycles.